The summed E-state index contributed by atoms with van der Waals surface area (Å²) < 4.78 is 0. The third-order valence-electron chi connectivity index (χ3n) is 5.06. The smallest absolute Gasteiger partial charge is 0.260 e. The van der Waals surface area contributed by atoms with E-state index in [1.165, 1.54) is 12.8 Å². The van der Waals surface area contributed by atoms with E-state index in [1.807, 2.05) is 52.0 Å². The summed E-state index contributed by atoms with van der Waals surface area (Å²) >= 11 is 0. The molecule has 0 aliphatic carbocycles. The fraction of sp³-hybridized carbons (Fsp3) is 0.435. The quantitative estimate of drug-likeness (QED) is 0.815. The van der Waals surface area contributed by atoms with Crippen molar-refractivity contribution in [2.45, 2.75) is 46.6 Å². The molecule has 1 aromatic carbocycles. The van der Waals surface area contributed by atoms with Crippen molar-refractivity contribution in [3.05, 3.63) is 53.2 Å². The number of nitrogens with one attached hydrogen (secondary N) is 1. The molecule has 0 atom stereocenters. The first kappa shape index (κ1) is 20.8. The normalized spacial score (nSPS) is 13.6. The van der Waals surface area contributed by atoms with Gasteiger partial charge in [0.15, 0.2) is 0 Å². The zero-order valence-corrected chi connectivity index (χ0v) is 17.7. The summed E-state index contributed by atoms with van der Waals surface area (Å²) in [4.78, 5) is 34.0. The van der Waals surface area contributed by atoms with E-state index >= 15 is 0 Å². The van der Waals surface area contributed by atoms with Gasteiger partial charge in [0.25, 0.3) is 5.91 Å². The number of aryl methyl sites for hydroxylation is 2. The van der Waals surface area contributed by atoms with Gasteiger partial charge in [-0.05, 0) is 64.3 Å². The standard InChI is InChI=1S/C23H30N4O2/c1-16(2)25-22(28)15-27(20-9-7-17(3)13-18(20)4)23(29)19-8-10-21(24-14-19)26-11-5-6-12-26/h7-10,13-14,16H,5-6,11-12,15H2,1-4H3,(H,25,28). The second-order valence-corrected chi connectivity index (χ2v) is 8.00. The van der Waals surface area contributed by atoms with Gasteiger partial charge < -0.3 is 10.2 Å². The van der Waals surface area contributed by atoms with E-state index in [0.29, 0.717) is 5.56 Å². The second kappa shape index (κ2) is 9.07. The van der Waals surface area contributed by atoms with Gasteiger partial charge in [0.2, 0.25) is 5.91 Å². The van der Waals surface area contributed by atoms with E-state index in [4.69, 9.17) is 0 Å². The predicted octanol–water partition coefficient (Wildman–Crippen LogP) is 3.47. The Morgan fingerprint density at radius 2 is 1.86 bits per heavy atom. The molecule has 0 unspecified atom stereocenters. The summed E-state index contributed by atoms with van der Waals surface area (Å²) in [5.74, 6) is 0.487. The molecule has 0 saturated carbocycles. The maximum Gasteiger partial charge on any atom is 0.260 e. The molecule has 1 N–H and O–H groups in total. The Labute approximate surface area is 172 Å². The van der Waals surface area contributed by atoms with Crippen LogP contribution in [0.2, 0.25) is 0 Å². The van der Waals surface area contributed by atoms with Crippen LogP contribution in [0.15, 0.2) is 36.5 Å². The minimum absolute atomic E-state index is 0.0139. The molecule has 29 heavy (non-hydrogen) atoms. The highest BCUT2D eigenvalue weighted by Crippen LogP contribution is 2.24. The first-order chi connectivity index (χ1) is 13.8. The Balaban J connectivity index is 1.87. The number of aromatic nitrogens is 1. The van der Waals surface area contributed by atoms with Crippen LogP contribution in [0, 0.1) is 13.8 Å². The number of carbonyl (C=O) groups is 2. The molecule has 2 heterocycles. The van der Waals surface area contributed by atoms with Crippen LogP contribution in [0.1, 0.15) is 48.2 Å². The number of rotatable bonds is 6. The molecule has 0 radical (unpaired) electrons. The maximum absolute atomic E-state index is 13.3. The molecule has 1 aromatic heterocycles. The van der Waals surface area contributed by atoms with Crippen molar-refractivity contribution >= 4 is 23.3 Å². The molecule has 6 heteroatoms. The number of anilines is 2. The number of hydrogen-bond acceptors (Lipinski definition) is 4. The Hall–Kier alpha value is -2.89. The van der Waals surface area contributed by atoms with Crippen molar-refractivity contribution in [2.24, 2.45) is 0 Å². The van der Waals surface area contributed by atoms with Gasteiger partial charge in [0.05, 0.1) is 5.56 Å². The van der Waals surface area contributed by atoms with E-state index in [-0.39, 0.29) is 24.4 Å². The van der Waals surface area contributed by atoms with Crippen molar-refractivity contribution in [3.8, 4) is 0 Å². The number of amides is 2. The molecule has 3 rings (SSSR count). The molecular weight excluding hydrogens is 364 g/mol. The van der Waals surface area contributed by atoms with Crippen molar-refractivity contribution < 1.29 is 9.59 Å². The van der Waals surface area contributed by atoms with Gasteiger partial charge >= 0.3 is 0 Å². The molecule has 1 aliphatic heterocycles. The first-order valence-corrected chi connectivity index (χ1v) is 10.2. The highest BCUT2D eigenvalue weighted by atomic mass is 16.2. The number of carbonyl (C=O) groups excluding carboxylic acids is 2. The van der Waals surface area contributed by atoms with Gasteiger partial charge in [-0.25, -0.2) is 4.98 Å². The van der Waals surface area contributed by atoms with E-state index in [1.54, 1.807) is 17.2 Å². The highest BCUT2D eigenvalue weighted by Gasteiger charge is 2.23. The summed E-state index contributed by atoms with van der Waals surface area (Å²) in [7, 11) is 0. The van der Waals surface area contributed by atoms with Crippen LogP contribution in [-0.2, 0) is 4.79 Å². The average Bonchev–Trinajstić information content (AvgIpc) is 3.20. The monoisotopic (exact) mass is 394 g/mol. The summed E-state index contributed by atoms with van der Waals surface area (Å²) in [6.45, 7) is 9.75. The van der Waals surface area contributed by atoms with Crippen molar-refractivity contribution in [3.63, 3.8) is 0 Å². The molecule has 2 amide bonds. The lowest BCUT2D eigenvalue weighted by atomic mass is 10.1. The van der Waals surface area contributed by atoms with Gasteiger partial charge in [-0.15, -0.1) is 0 Å². The van der Waals surface area contributed by atoms with Gasteiger partial charge in [0.1, 0.15) is 12.4 Å². The Bertz CT molecular complexity index is 871. The number of hydrogen-bond donors (Lipinski definition) is 1. The Kier molecular flexibility index (Phi) is 6.52. The minimum Gasteiger partial charge on any atom is -0.357 e. The van der Waals surface area contributed by atoms with E-state index in [9.17, 15) is 9.59 Å². The molecule has 1 fully saturated rings. The van der Waals surface area contributed by atoms with Gasteiger partial charge in [-0.2, -0.15) is 0 Å². The minimum atomic E-state index is -0.226. The van der Waals surface area contributed by atoms with E-state index in [0.717, 1.165) is 35.7 Å². The van der Waals surface area contributed by atoms with Crippen LogP contribution in [0.25, 0.3) is 0 Å². The van der Waals surface area contributed by atoms with E-state index in [2.05, 4.69) is 15.2 Å². The molecule has 1 aliphatic rings. The van der Waals surface area contributed by atoms with Crippen LogP contribution in [0.5, 0.6) is 0 Å². The zero-order chi connectivity index (χ0) is 21.0. The maximum atomic E-state index is 13.3. The van der Waals surface area contributed by atoms with Crippen LogP contribution < -0.4 is 15.1 Å². The summed E-state index contributed by atoms with van der Waals surface area (Å²) in [6.07, 6.45) is 3.97. The number of nitrogens with zero attached hydrogens (tertiary/aromatic N) is 3. The number of benzene rings is 1. The fourth-order valence-corrected chi connectivity index (χ4v) is 3.69. The number of pyridine rings is 1. The molecule has 0 spiro atoms. The molecule has 2 aromatic rings. The highest BCUT2D eigenvalue weighted by molar-refractivity contribution is 6.09. The predicted molar refractivity (Wildman–Crippen MR) is 117 cm³/mol. The second-order valence-electron chi connectivity index (χ2n) is 8.00. The SMILES string of the molecule is Cc1ccc(N(CC(=O)NC(C)C)C(=O)c2ccc(N3CCCC3)nc2)c(C)c1. The van der Waals surface area contributed by atoms with Gasteiger partial charge in [0, 0.05) is 31.0 Å². The van der Waals surface area contributed by atoms with Crippen LogP contribution in [-0.4, -0.2) is 42.5 Å². The average molecular weight is 395 g/mol. The topological polar surface area (TPSA) is 65.5 Å². The van der Waals surface area contributed by atoms with Crippen molar-refractivity contribution in [1.82, 2.24) is 10.3 Å². The molecule has 1 saturated heterocycles. The Morgan fingerprint density at radius 3 is 2.45 bits per heavy atom. The fourth-order valence-electron chi connectivity index (χ4n) is 3.69. The third-order valence-corrected chi connectivity index (χ3v) is 5.06. The third kappa shape index (κ3) is 5.13. The van der Waals surface area contributed by atoms with Crippen molar-refractivity contribution in [1.29, 1.82) is 0 Å². The van der Waals surface area contributed by atoms with Crippen LogP contribution in [0.3, 0.4) is 0 Å². The van der Waals surface area contributed by atoms with Gasteiger partial charge in [-0.3, -0.25) is 14.5 Å². The molecule has 154 valence electrons. The summed E-state index contributed by atoms with van der Waals surface area (Å²) in [5.41, 5.74) is 3.28. The van der Waals surface area contributed by atoms with Crippen molar-refractivity contribution in [2.75, 3.05) is 29.4 Å². The summed E-state index contributed by atoms with van der Waals surface area (Å²) in [6, 6.07) is 9.59. The lowest BCUT2D eigenvalue weighted by Gasteiger charge is -2.25. The van der Waals surface area contributed by atoms with Gasteiger partial charge in [-0.1, -0.05) is 17.7 Å². The van der Waals surface area contributed by atoms with Crippen LogP contribution >= 0.6 is 0 Å². The molecule has 6 nitrogen and oxygen atoms in total. The zero-order valence-electron chi connectivity index (χ0n) is 17.7. The first-order valence-electron chi connectivity index (χ1n) is 10.2. The lowest BCUT2D eigenvalue weighted by molar-refractivity contribution is -0.120. The van der Waals surface area contributed by atoms with E-state index < -0.39 is 0 Å². The lowest BCUT2D eigenvalue weighted by Crippen LogP contribution is -2.43. The van der Waals surface area contributed by atoms with Crippen LogP contribution in [0.4, 0.5) is 11.5 Å². The summed E-state index contributed by atoms with van der Waals surface area (Å²) in [5, 5.41) is 2.87. The Morgan fingerprint density at radius 1 is 1.14 bits per heavy atom. The molecular formula is C23H30N4O2. The molecule has 0 bridgehead atoms. The largest absolute Gasteiger partial charge is 0.357 e.